The van der Waals surface area contributed by atoms with Crippen LogP contribution in [0.15, 0.2) is 0 Å². The molecule has 0 aromatic carbocycles. The summed E-state index contributed by atoms with van der Waals surface area (Å²) in [5.41, 5.74) is -1.66. The van der Waals surface area contributed by atoms with Gasteiger partial charge in [-0.2, -0.15) is 0 Å². The van der Waals surface area contributed by atoms with Crippen molar-refractivity contribution in [2.45, 2.75) is 115 Å². The highest BCUT2D eigenvalue weighted by molar-refractivity contribution is 5.94. The van der Waals surface area contributed by atoms with Crippen LogP contribution >= 0.6 is 0 Å². The van der Waals surface area contributed by atoms with E-state index in [0.29, 0.717) is 45.2 Å². The van der Waals surface area contributed by atoms with Crippen LogP contribution in [-0.2, 0) is 19.2 Å². The number of hydrogen-bond acceptors (Lipinski definition) is 4. The van der Waals surface area contributed by atoms with Crippen LogP contribution in [0.5, 0.6) is 0 Å². The smallest absolute Gasteiger partial charge is 0.245 e. The molecule has 3 aliphatic carbocycles. The number of nitrogens with one attached hydrogen (secondary N) is 4. The van der Waals surface area contributed by atoms with Crippen molar-refractivity contribution in [3.05, 3.63) is 0 Å². The largest absolute Gasteiger partial charge is 0.354 e. The molecule has 0 aromatic heterocycles. The number of hydrogen-bond donors (Lipinski definition) is 4. The topological polar surface area (TPSA) is 116 Å². The highest BCUT2D eigenvalue weighted by Crippen LogP contribution is 2.34. The van der Waals surface area contributed by atoms with Crippen molar-refractivity contribution in [3.8, 4) is 0 Å². The fraction of sp³-hybridized carbons (Fsp3) is 0.846. The third-order valence-electron chi connectivity index (χ3n) is 8.10. The maximum absolute atomic E-state index is 13.3. The van der Waals surface area contributed by atoms with E-state index in [-0.39, 0.29) is 35.5 Å². The van der Waals surface area contributed by atoms with Crippen LogP contribution in [0.25, 0.3) is 0 Å². The van der Waals surface area contributed by atoms with Crippen LogP contribution in [0.4, 0.5) is 0 Å². The monoisotopic (exact) mass is 476 g/mol. The van der Waals surface area contributed by atoms with Crippen LogP contribution in [0.3, 0.4) is 0 Å². The Morgan fingerprint density at radius 1 is 0.618 bits per heavy atom. The summed E-state index contributed by atoms with van der Waals surface area (Å²) in [5.74, 6) is -0.971. The van der Waals surface area contributed by atoms with Crippen LogP contribution < -0.4 is 21.3 Å². The maximum Gasteiger partial charge on any atom is 0.245 e. The zero-order chi connectivity index (χ0) is 24.6. The van der Waals surface area contributed by atoms with Crippen molar-refractivity contribution in [1.29, 1.82) is 0 Å². The zero-order valence-electron chi connectivity index (χ0n) is 21.1. The quantitative estimate of drug-likeness (QED) is 0.431. The maximum atomic E-state index is 13.3. The van der Waals surface area contributed by atoms with Gasteiger partial charge in [0.1, 0.15) is 11.1 Å². The molecule has 4 N–H and O–H groups in total. The van der Waals surface area contributed by atoms with Gasteiger partial charge >= 0.3 is 0 Å². The second-order valence-corrected chi connectivity index (χ2v) is 10.5. The average Bonchev–Trinajstić information content (AvgIpc) is 2.85. The molecule has 3 aliphatic rings. The SMILES string of the molecule is CCNC(=O)C1(NC(=O)C2CCCC(C(=O)NC3(C(=O)NCC)CCCCC3)C2)CCCCC1. The third kappa shape index (κ3) is 6.11. The molecule has 192 valence electrons. The molecule has 0 aromatic rings. The lowest BCUT2D eigenvalue weighted by molar-refractivity contribution is -0.140. The third-order valence-corrected chi connectivity index (χ3v) is 8.10. The molecule has 0 heterocycles. The number of amides is 4. The molecule has 2 atom stereocenters. The van der Waals surface area contributed by atoms with Gasteiger partial charge in [-0.1, -0.05) is 44.9 Å². The van der Waals surface area contributed by atoms with Gasteiger partial charge in [-0.15, -0.1) is 0 Å². The summed E-state index contributed by atoms with van der Waals surface area (Å²) in [7, 11) is 0. The Morgan fingerprint density at radius 3 is 1.35 bits per heavy atom. The molecule has 0 saturated heterocycles. The predicted octanol–water partition coefficient (Wildman–Crippen LogP) is 2.70. The van der Waals surface area contributed by atoms with Gasteiger partial charge < -0.3 is 21.3 Å². The minimum absolute atomic E-state index is 0.0886. The van der Waals surface area contributed by atoms with Crippen molar-refractivity contribution >= 4 is 23.6 Å². The molecule has 8 heteroatoms. The van der Waals surface area contributed by atoms with Crippen molar-refractivity contribution in [3.63, 3.8) is 0 Å². The van der Waals surface area contributed by atoms with Crippen molar-refractivity contribution < 1.29 is 19.2 Å². The average molecular weight is 477 g/mol. The number of carbonyl (C=O) groups excluding carboxylic acids is 4. The Kier molecular flexibility index (Phi) is 9.37. The van der Waals surface area contributed by atoms with Gasteiger partial charge in [0.2, 0.25) is 23.6 Å². The minimum Gasteiger partial charge on any atom is -0.354 e. The molecule has 3 fully saturated rings. The predicted molar refractivity (Wildman–Crippen MR) is 131 cm³/mol. The van der Waals surface area contributed by atoms with E-state index in [0.717, 1.165) is 57.8 Å². The highest BCUT2D eigenvalue weighted by atomic mass is 16.2. The lowest BCUT2D eigenvalue weighted by Gasteiger charge is -2.40. The van der Waals surface area contributed by atoms with Crippen LogP contribution in [0.1, 0.15) is 104 Å². The van der Waals surface area contributed by atoms with Gasteiger partial charge in [0.15, 0.2) is 0 Å². The molecule has 0 aliphatic heterocycles. The molecular weight excluding hydrogens is 432 g/mol. The van der Waals surface area contributed by atoms with E-state index in [9.17, 15) is 19.2 Å². The molecule has 8 nitrogen and oxygen atoms in total. The summed E-state index contributed by atoms with van der Waals surface area (Å²) < 4.78 is 0. The summed E-state index contributed by atoms with van der Waals surface area (Å²) >= 11 is 0. The van der Waals surface area contributed by atoms with Gasteiger partial charge in [0.25, 0.3) is 0 Å². The van der Waals surface area contributed by atoms with Crippen LogP contribution in [0, 0.1) is 11.8 Å². The van der Waals surface area contributed by atoms with Crippen molar-refractivity contribution in [2.75, 3.05) is 13.1 Å². The fourth-order valence-electron chi connectivity index (χ4n) is 6.13. The molecule has 0 spiro atoms. The van der Waals surface area contributed by atoms with E-state index in [4.69, 9.17) is 0 Å². The number of likely N-dealkylation sites (N-methyl/N-ethyl adjacent to an activating group) is 2. The lowest BCUT2D eigenvalue weighted by atomic mass is 9.76. The van der Waals surface area contributed by atoms with Crippen LogP contribution in [-0.4, -0.2) is 47.8 Å². The lowest BCUT2D eigenvalue weighted by Crippen LogP contribution is -2.62. The van der Waals surface area contributed by atoms with Crippen molar-refractivity contribution in [1.82, 2.24) is 21.3 Å². The normalized spacial score (nSPS) is 26.1. The number of carbonyl (C=O) groups is 4. The Morgan fingerprint density at radius 2 is 1.00 bits per heavy atom. The highest BCUT2D eigenvalue weighted by Gasteiger charge is 2.45. The molecule has 4 amide bonds. The van der Waals surface area contributed by atoms with Gasteiger partial charge in [0.05, 0.1) is 0 Å². The molecule has 3 rings (SSSR count). The Labute approximate surface area is 204 Å². The van der Waals surface area contributed by atoms with Gasteiger partial charge in [-0.3, -0.25) is 19.2 Å². The molecule has 3 saturated carbocycles. The Balaban J connectivity index is 1.65. The minimum atomic E-state index is -0.828. The summed E-state index contributed by atoms with van der Waals surface area (Å²) in [6.07, 6.45) is 11.2. The second kappa shape index (κ2) is 12.0. The first-order valence-corrected chi connectivity index (χ1v) is 13.6. The summed E-state index contributed by atoms with van der Waals surface area (Å²) in [6, 6.07) is 0. The van der Waals surface area contributed by atoms with Crippen molar-refractivity contribution in [2.24, 2.45) is 11.8 Å². The summed E-state index contributed by atoms with van der Waals surface area (Å²) in [4.78, 5) is 52.3. The second-order valence-electron chi connectivity index (χ2n) is 10.5. The van der Waals surface area contributed by atoms with E-state index < -0.39 is 11.1 Å². The van der Waals surface area contributed by atoms with E-state index in [1.54, 1.807) is 0 Å². The van der Waals surface area contributed by atoms with Gasteiger partial charge in [0, 0.05) is 24.9 Å². The first-order chi connectivity index (χ1) is 16.4. The van der Waals surface area contributed by atoms with E-state index in [1.165, 1.54) is 0 Å². The molecule has 0 bridgehead atoms. The molecule has 34 heavy (non-hydrogen) atoms. The first kappa shape index (κ1) is 26.5. The van der Waals surface area contributed by atoms with Gasteiger partial charge in [-0.05, 0) is 58.8 Å². The fourth-order valence-corrected chi connectivity index (χ4v) is 6.13. The molecular formula is C26H44N4O4. The zero-order valence-corrected chi connectivity index (χ0v) is 21.1. The Hall–Kier alpha value is -2.12. The van der Waals surface area contributed by atoms with E-state index in [1.807, 2.05) is 13.8 Å². The summed E-state index contributed by atoms with van der Waals surface area (Å²) in [6.45, 7) is 4.85. The summed E-state index contributed by atoms with van der Waals surface area (Å²) in [5, 5.41) is 12.1. The van der Waals surface area contributed by atoms with Gasteiger partial charge in [-0.25, -0.2) is 0 Å². The van der Waals surface area contributed by atoms with Crippen LogP contribution in [0.2, 0.25) is 0 Å². The molecule has 2 unspecified atom stereocenters. The Bertz CT molecular complexity index is 681. The standard InChI is InChI=1S/C26H44N4O4/c1-3-27-23(33)25(14-7-5-8-15-25)29-21(31)19-12-11-13-20(18-19)22(32)30-26(24(34)28-4-2)16-9-6-10-17-26/h19-20H,3-18H2,1-2H3,(H,27,33)(H,28,34)(H,29,31)(H,30,32). The molecule has 0 radical (unpaired) electrons. The van der Waals surface area contributed by atoms with E-state index >= 15 is 0 Å². The first-order valence-electron chi connectivity index (χ1n) is 13.6. The van der Waals surface area contributed by atoms with E-state index in [2.05, 4.69) is 21.3 Å². The number of rotatable bonds is 8.